The van der Waals surface area contributed by atoms with Gasteiger partial charge >= 0.3 is 0 Å². The van der Waals surface area contributed by atoms with Crippen molar-refractivity contribution in [2.45, 2.75) is 0 Å². The van der Waals surface area contributed by atoms with Crippen LogP contribution < -0.4 is 15.8 Å². The smallest absolute Gasteiger partial charge is 0.280 e. The number of carbonyl (C=O) groups excluding carboxylic acids is 1. The molecule has 0 spiro atoms. The molecule has 114 valence electrons. The molecule has 0 radical (unpaired) electrons. The zero-order valence-corrected chi connectivity index (χ0v) is 12.0. The van der Waals surface area contributed by atoms with Gasteiger partial charge in [-0.1, -0.05) is 0 Å². The summed E-state index contributed by atoms with van der Waals surface area (Å²) in [5.74, 6) is 0.142. The molecule has 3 aromatic rings. The Labute approximate surface area is 130 Å². The Bertz CT molecular complexity index is 925. The van der Waals surface area contributed by atoms with Gasteiger partial charge in [-0.15, -0.1) is 10.2 Å². The minimum atomic E-state index is -0.531. The van der Waals surface area contributed by atoms with Gasteiger partial charge in [0.05, 0.1) is 13.3 Å². The maximum Gasteiger partial charge on any atom is 0.280 e. The molecule has 0 fully saturated rings. The molecule has 23 heavy (non-hydrogen) atoms. The summed E-state index contributed by atoms with van der Waals surface area (Å²) in [5, 5.41) is 23.1. The van der Waals surface area contributed by atoms with Crippen LogP contribution >= 0.6 is 0 Å². The van der Waals surface area contributed by atoms with Crippen LogP contribution in [0.1, 0.15) is 16.1 Å². The van der Waals surface area contributed by atoms with E-state index in [1.165, 1.54) is 10.7 Å². The summed E-state index contributed by atoms with van der Waals surface area (Å²) in [5.41, 5.74) is 6.79. The van der Waals surface area contributed by atoms with Crippen molar-refractivity contribution in [3.8, 4) is 11.8 Å². The highest BCUT2D eigenvalue weighted by molar-refractivity contribution is 6.05. The molecular formula is C14H11N7O2. The topological polar surface area (TPSA) is 131 Å². The van der Waals surface area contributed by atoms with Gasteiger partial charge in [-0.25, -0.2) is 0 Å². The Morgan fingerprint density at radius 1 is 1.35 bits per heavy atom. The van der Waals surface area contributed by atoms with Crippen LogP contribution in [-0.4, -0.2) is 32.8 Å². The van der Waals surface area contributed by atoms with E-state index >= 15 is 0 Å². The molecule has 0 saturated heterocycles. The number of fused-ring (bicyclic) bond motifs is 1. The van der Waals surface area contributed by atoms with Crippen LogP contribution in [-0.2, 0) is 0 Å². The first-order valence-corrected chi connectivity index (χ1v) is 6.49. The van der Waals surface area contributed by atoms with Gasteiger partial charge in [-0.3, -0.25) is 4.79 Å². The van der Waals surface area contributed by atoms with Gasteiger partial charge < -0.3 is 15.8 Å². The van der Waals surface area contributed by atoms with Crippen LogP contribution in [0.5, 0.6) is 5.75 Å². The van der Waals surface area contributed by atoms with Crippen LogP contribution in [0, 0.1) is 11.3 Å². The quantitative estimate of drug-likeness (QED) is 0.732. The third-order valence-corrected chi connectivity index (χ3v) is 3.14. The zero-order chi connectivity index (χ0) is 16.4. The number of rotatable bonds is 3. The number of nitrogen functional groups attached to an aromatic ring is 1. The standard InChI is InChI=1S/C14H11N7O2/c1-23-10-4-2-9(3-5-10)18-14(22)11-12(16)21-13(20-19-11)8(6-15)7-17-21/h2-5,7H,16H2,1H3,(H,18,22). The Kier molecular flexibility index (Phi) is 3.48. The van der Waals surface area contributed by atoms with Gasteiger partial charge in [0, 0.05) is 5.69 Å². The number of nitrogens with two attached hydrogens (primary N) is 1. The summed E-state index contributed by atoms with van der Waals surface area (Å²) >= 11 is 0. The van der Waals surface area contributed by atoms with Crippen molar-refractivity contribution in [1.29, 1.82) is 5.26 Å². The molecule has 3 rings (SSSR count). The number of methoxy groups -OCH3 is 1. The molecule has 0 saturated carbocycles. The van der Waals surface area contributed by atoms with Crippen molar-refractivity contribution in [2.75, 3.05) is 18.2 Å². The van der Waals surface area contributed by atoms with E-state index in [4.69, 9.17) is 15.7 Å². The Hall–Kier alpha value is -3.67. The Balaban J connectivity index is 1.91. The van der Waals surface area contributed by atoms with Crippen molar-refractivity contribution in [2.24, 2.45) is 0 Å². The third kappa shape index (κ3) is 2.49. The lowest BCUT2D eigenvalue weighted by atomic mass is 10.3. The Morgan fingerprint density at radius 2 is 2.09 bits per heavy atom. The molecule has 9 heteroatoms. The highest BCUT2D eigenvalue weighted by Crippen LogP contribution is 2.17. The van der Waals surface area contributed by atoms with Crippen LogP contribution in [0.25, 0.3) is 5.65 Å². The average Bonchev–Trinajstić information content (AvgIpc) is 2.99. The molecular weight excluding hydrogens is 298 g/mol. The second-order valence-electron chi connectivity index (χ2n) is 4.52. The van der Waals surface area contributed by atoms with Crippen molar-refractivity contribution in [3.63, 3.8) is 0 Å². The van der Waals surface area contributed by atoms with Crippen molar-refractivity contribution in [3.05, 3.63) is 41.7 Å². The largest absolute Gasteiger partial charge is 0.497 e. The van der Waals surface area contributed by atoms with Crippen LogP contribution in [0.4, 0.5) is 11.5 Å². The fourth-order valence-electron chi connectivity index (χ4n) is 1.97. The first-order valence-electron chi connectivity index (χ1n) is 6.49. The molecule has 0 atom stereocenters. The van der Waals surface area contributed by atoms with E-state index in [1.807, 2.05) is 6.07 Å². The number of anilines is 2. The highest BCUT2D eigenvalue weighted by atomic mass is 16.5. The summed E-state index contributed by atoms with van der Waals surface area (Å²) in [7, 11) is 1.55. The molecule has 9 nitrogen and oxygen atoms in total. The molecule has 1 amide bonds. The molecule has 3 N–H and O–H groups in total. The number of ether oxygens (including phenoxy) is 1. The van der Waals surface area contributed by atoms with Gasteiger partial charge in [0.25, 0.3) is 5.91 Å². The fraction of sp³-hybridized carbons (Fsp3) is 0.0714. The van der Waals surface area contributed by atoms with Crippen LogP contribution in [0.15, 0.2) is 30.5 Å². The predicted molar refractivity (Wildman–Crippen MR) is 80.9 cm³/mol. The molecule has 1 aromatic carbocycles. The third-order valence-electron chi connectivity index (χ3n) is 3.14. The SMILES string of the molecule is COc1ccc(NC(=O)c2nnc3c(C#N)cnn3c2N)cc1. The number of hydrogen-bond donors (Lipinski definition) is 2. The number of aromatic nitrogens is 4. The number of benzene rings is 1. The van der Waals surface area contributed by atoms with Crippen molar-refractivity contribution >= 4 is 23.1 Å². The summed E-state index contributed by atoms with van der Waals surface area (Å²) < 4.78 is 6.25. The lowest BCUT2D eigenvalue weighted by molar-refractivity contribution is 0.102. The minimum absolute atomic E-state index is 0.00233. The monoisotopic (exact) mass is 309 g/mol. The minimum Gasteiger partial charge on any atom is -0.497 e. The number of nitrogens with zero attached hydrogens (tertiary/aromatic N) is 5. The first-order chi connectivity index (χ1) is 11.1. The lowest BCUT2D eigenvalue weighted by Gasteiger charge is -2.07. The van der Waals surface area contributed by atoms with Crippen LogP contribution in [0.3, 0.4) is 0 Å². The van der Waals surface area contributed by atoms with E-state index in [0.717, 1.165) is 0 Å². The Morgan fingerprint density at radius 3 is 2.74 bits per heavy atom. The maximum atomic E-state index is 12.3. The molecule has 2 aromatic heterocycles. The zero-order valence-electron chi connectivity index (χ0n) is 12.0. The normalized spacial score (nSPS) is 10.3. The van der Waals surface area contributed by atoms with Crippen LogP contribution in [0.2, 0.25) is 0 Å². The number of hydrogen-bond acceptors (Lipinski definition) is 7. The second-order valence-corrected chi connectivity index (χ2v) is 4.52. The van der Waals surface area contributed by atoms with Gasteiger partial charge in [0.2, 0.25) is 0 Å². The number of carbonyl (C=O) groups is 1. The number of amides is 1. The summed E-state index contributed by atoms with van der Waals surface area (Å²) in [6, 6.07) is 8.70. The van der Waals surface area contributed by atoms with E-state index in [1.54, 1.807) is 31.4 Å². The predicted octanol–water partition coefficient (Wildman–Crippen LogP) is 0.839. The molecule has 0 bridgehead atoms. The second kappa shape index (κ2) is 5.61. The molecule has 0 aliphatic rings. The van der Waals surface area contributed by atoms with Gasteiger partial charge in [-0.05, 0) is 24.3 Å². The molecule has 0 aliphatic carbocycles. The van der Waals surface area contributed by atoms with Crippen molar-refractivity contribution < 1.29 is 9.53 Å². The lowest BCUT2D eigenvalue weighted by Crippen LogP contribution is -2.19. The van der Waals surface area contributed by atoms with Gasteiger partial charge in [0.15, 0.2) is 17.2 Å². The summed E-state index contributed by atoms with van der Waals surface area (Å²) in [4.78, 5) is 12.3. The van der Waals surface area contributed by atoms with E-state index < -0.39 is 5.91 Å². The number of nitriles is 1. The fourth-order valence-corrected chi connectivity index (χ4v) is 1.97. The summed E-state index contributed by atoms with van der Waals surface area (Å²) in [6.45, 7) is 0. The molecule has 2 heterocycles. The van der Waals surface area contributed by atoms with Gasteiger partial charge in [-0.2, -0.15) is 14.9 Å². The van der Waals surface area contributed by atoms with E-state index in [9.17, 15) is 4.79 Å². The first kappa shape index (κ1) is 14.3. The number of nitrogens with one attached hydrogen (secondary N) is 1. The summed E-state index contributed by atoms with van der Waals surface area (Å²) in [6.07, 6.45) is 1.31. The van der Waals surface area contributed by atoms with E-state index in [2.05, 4.69) is 20.6 Å². The van der Waals surface area contributed by atoms with Gasteiger partial charge in [0.1, 0.15) is 17.4 Å². The highest BCUT2D eigenvalue weighted by Gasteiger charge is 2.18. The molecule has 0 aliphatic heterocycles. The molecule has 0 unspecified atom stereocenters. The average molecular weight is 309 g/mol. The van der Waals surface area contributed by atoms with Crippen molar-refractivity contribution in [1.82, 2.24) is 19.8 Å². The maximum absolute atomic E-state index is 12.3. The van der Waals surface area contributed by atoms with E-state index in [0.29, 0.717) is 11.4 Å². The van der Waals surface area contributed by atoms with E-state index in [-0.39, 0.29) is 22.7 Å².